The zero-order chi connectivity index (χ0) is 23.0. The third-order valence-corrected chi connectivity index (χ3v) is 8.76. The lowest BCUT2D eigenvalue weighted by Gasteiger charge is -2.29. The molecule has 0 aromatic heterocycles. The maximum atomic E-state index is 15.1. The van der Waals surface area contributed by atoms with E-state index in [1.54, 1.807) is 0 Å². The summed E-state index contributed by atoms with van der Waals surface area (Å²) in [6.45, 7) is 4.58. The van der Waals surface area contributed by atoms with Crippen molar-refractivity contribution in [3.63, 3.8) is 0 Å². The third-order valence-electron chi connectivity index (χ3n) is 8.76. The smallest absolute Gasteiger partial charge is 0.131 e. The van der Waals surface area contributed by atoms with Crippen molar-refractivity contribution in [3.8, 4) is 11.1 Å². The molecule has 2 aliphatic carbocycles. The summed E-state index contributed by atoms with van der Waals surface area (Å²) in [5.41, 5.74) is 4.43. The number of halogens is 1. The standard InChI is InChI=1S/C32H45F/c1-3-5-6-8-25-11-13-26(14-12-25)27-17-19-29(20-18-27)31-22-21-30(23-32(31)33)28-15-9-24(7-4-2)10-16-28/h17-26,28H,3-16H2,1-2H3. The average molecular weight is 449 g/mol. The molecule has 2 aliphatic rings. The van der Waals surface area contributed by atoms with E-state index in [1.165, 1.54) is 101 Å². The van der Waals surface area contributed by atoms with Gasteiger partial charge in [-0.15, -0.1) is 0 Å². The fraction of sp³-hybridized carbons (Fsp3) is 0.625. The highest BCUT2D eigenvalue weighted by molar-refractivity contribution is 5.65. The van der Waals surface area contributed by atoms with Crippen molar-refractivity contribution in [2.45, 2.75) is 116 Å². The van der Waals surface area contributed by atoms with Crippen LogP contribution < -0.4 is 0 Å². The van der Waals surface area contributed by atoms with Crippen LogP contribution in [0.3, 0.4) is 0 Å². The molecule has 2 saturated carbocycles. The molecule has 0 spiro atoms. The average Bonchev–Trinajstić information content (AvgIpc) is 2.85. The summed E-state index contributed by atoms with van der Waals surface area (Å²) in [5.74, 6) is 3.02. The minimum Gasteiger partial charge on any atom is -0.206 e. The summed E-state index contributed by atoms with van der Waals surface area (Å²) in [4.78, 5) is 0. The van der Waals surface area contributed by atoms with E-state index in [0.717, 1.165) is 23.0 Å². The normalized spacial score (nSPS) is 25.8. The molecule has 0 radical (unpaired) electrons. The summed E-state index contributed by atoms with van der Waals surface area (Å²) in [6, 6.07) is 14.9. The third kappa shape index (κ3) is 6.49. The first kappa shape index (κ1) is 24.5. The Morgan fingerprint density at radius 1 is 0.636 bits per heavy atom. The van der Waals surface area contributed by atoms with Gasteiger partial charge in [0.15, 0.2) is 0 Å². The Bertz CT molecular complexity index is 835. The van der Waals surface area contributed by atoms with Gasteiger partial charge < -0.3 is 0 Å². The Balaban J connectivity index is 1.33. The molecule has 0 heterocycles. The van der Waals surface area contributed by atoms with Crippen LogP contribution in [0.2, 0.25) is 0 Å². The minimum atomic E-state index is -0.0523. The number of benzene rings is 2. The Hall–Kier alpha value is -1.63. The van der Waals surface area contributed by atoms with Gasteiger partial charge >= 0.3 is 0 Å². The molecule has 0 unspecified atom stereocenters. The predicted molar refractivity (Wildman–Crippen MR) is 140 cm³/mol. The fourth-order valence-corrected chi connectivity index (χ4v) is 6.61. The number of hydrogen-bond acceptors (Lipinski definition) is 0. The molecule has 0 N–H and O–H groups in total. The van der Waals surface area contributed by atoms with E-state index in [0.29, 0.717) is 11.8 Å². The molecule has 4 rings (SSSR count). The zero-order valence-corrected chi connectivity index (χ0v) is 21.1. The topological polar surface area (TPSA) is 0 Å². The molecule has 0 amide bonds. The van der Waals surface area contributed by atoms with Crippen molar-refractivity contribution in [1.82, 2.24) is 0 Å². The highest BCUT2D eigenvalue weighted by Crippen LogP contribution is 2.40. The van der Waals surface area contributed by atoms with E-state index < -0.39 is 0 Å². The highest BCUT2D eigenvalue weighted by Gasteiger charge is 2.24. The van der Waals surface area contributed by atoms with Crippen LogP contribution in [-0.4, -0.2) is 0 Å². The van der Waals surface area contributed by atoms with Gasteiger partial charge in [0.2, 0.25) is 0 Å². The first-order chi connectivity index (χ1) is 16.2. The van der Waals surface area contributed by atoms with Crippen LogP contribution in [0, 0.1) is 17.7 Å². The molecule has 33 heavy (non-hydrogen) atoms. The summed E-state index contributed by atoms with van der Waals surface area (Å²) >= 11 is 0. The predicted octanol–water partition coefficient (Wildman–Crippen LogP) is 10.4. The summed E-state index contributed by atoms with van der Waals surface area (Å²) < 4.78 is 15.1. The lowest BCUT2D eigenvalue weighted by Crippen LogP contribution is -2.13. The first-order valence-electron chi connectivity index (χ1n) is 14.1. The summed E-state index contributed by atoms with van der Waals surface area (Å²) in [7, 11) is 0. The Labute approximate surface area is 202 Å². The van der Waals surface area contributed by atoms with Gasteiger partial charge in [-0.1, -0.05) is 88.8 Å². The molecule has 0 aliphatic heterocycles. The van der Waals surface area contributed by atoms with Gasteiger partial charge in [0.25, 0.3) is 0 Å². The monoisotopic (exact) mass is 448 g/mol. The van der Waals surface area contributed by atoms with Gasteiger partial charge in [-0.25, -0.2) is 4.39 Å². The number of hydrogen-bond donors (Lipinski definition) is 0. The quantitative estimate of drug-likeness (QED) is 0.335. The van der Waals surface area contributed by atoms with Gasteiger partial charge in [-0.2, -0.15) is 0 Å². The van der Waals surface area contributed by atoms with E-state index in [1.807, 2.05) is 12.1 Å². The number of rotatable bonds is 9. The number of unbranched alkanes of at least 4 members (excludes halogenated alkanes) is 2. The maximum Gasteiger partial charge on any atom is 0.131 e. The molecule has 1 heteroatoms. The van der Waals surface area contributed by atoms with Crippen LogP contribution in [0.1, 0.15) is 127 Å². The van der Waals surface area contributed by atoms with Crippen molar-refractivity contribution >= 4 is 0 Å². The van der Waals surface area contributed by atoms with Gasteiger partial charge in [0.05, 0.1) is 0 Å². The van der Waals surface area contributed by atoms with E-state index in [9.17, 15) is 0 Å². The molecule has 2 aromatic rings. The molecular weight excluding hydrogens is 403 g/mol. The lowest BCUT2D eigenvalue weighted by molar-refractivity contribution is 0.303. The second kappa shape index (κ2) is 12.2. The van der Waals surface area contributed by atoms with Gasteiger partial charge in [0.1, 0.15) is 5.82 Å². The highest BCUT2D eigenvalue weighted by atomic mass is 19.1. The molecule has 0 atom stereocenters. The molecule has 0 bridgehead atoms. The lowest BCUT2D eigenvalue weighted by atomic mass is 9.76. The van der Waals surface area contributed by atoms with Crippen molar-refractivity contribution in [1.29, 1.82) is 0 Å². The molecule has 0 saturated heterocycles. The van der Waals surface area contributed by atoms with Crippen LogP contribution in [-0.2, 0) is 0 Å². The molecule has 2 fully saturated rings. The van der Waals surface area contributed by atoms with Crippen molar-refractivity contribution in [2.24, 2.45) is 11.8 Å². The van der Waals surface area contributed by atoms with Crippen molar-refractivity contribution in [2.75, 3.05) is 0 Å². The molecule has 2 aromatic carbocycles. The second-order valence-electron chi connectivity index (χ2n) is 11.1. The van der Waals surface area contributed by atoms with Crippen LogP contribution in [0.25, 0.3) is 11.1 Å². The maximum absolute atomic E-state index is 15.1. The van der Waals surface area contributed by atoms with Crippen LogP contribution in [0.15, 0.2) is 42.5 Å². The Morgan fingerprint density at radius 3 is 1.79 bits per heavy atom. The SMILES string of the molecule is CCCCCC1CCC(c2ccc(-c3ccc(C4CCC(CCC)CC4)cc3F)cc2)CC1. The first-order valence-corrected chi connectivity index (χ1v) is 14.1. The summed E-state index contributed by atoms with van der Waals surface area (Å²) in [6.07, 6.45) is 18.7. The van der Waals surface area contributed by atoms with E-state index in [-0.39, 0.29) is 5.82 Å². The fourth-order valence-electron chi connectivity index (χ4n) is 6.61. The van der Waals surface area contributed by atoms with E-state index in [4.69, 9.17) is 0 Å². The molecular formula is C32H45F. The Kier molecular flexibility index (Phi) is 9.04. The van der Waals surface area contributed by atoms with E-state index in [2.05, 4.69) is 44.2 Å². The second-order valence-corrected chi connectivity index (χ2v) is 11.1. The van der Waals surface area contributed by atoms with Gasteiger partial charge in [-0.05, 0) is 97.8 Å². The van der Waals surface area contributed by atoms with Gasteiger partial charge in [0, 0.05) is 5.56 Å². The van der Waals surface area contributed by atoms with Gasteiger partial charge in [-0.3, -0.25) is 0 Å². The Morgan fingerprint density at radius 2 is 1.21 bits per heavy atom. The van der Waals surface area contributed by atoms with Crippen molar-refractivity contribution in [3.05, 3.63) is 59.4 Å². The minimum absolute atomic E-state index is 0.0523. The summed E-state index contributed by atoms with van der Waals surface area (Å²) in [5, 5.41) is 0. The largest absolute Gasteiger partial charge is 0.206 e. The van der Waals surface area contributed by atoms with Crippen LogP contribution in [0.5, 0.6) is 0 Å². The molecule has 180 valence electrons. The van der Waals surface area contributed by atoms with Crippen LogP contribution in [0.4, 0.5) is 4.39 Å². The molecule has 0 nitrogen and oxygen atoms in total. The zero-order valence-electron chi connectivity index (χ0n) is 21.1. The van der Waals surface area contributed by atoms with E-state index >= 15 is 4.39 Å². The van der Waals surface area contributed by atoms with Crippen LogP contribution >= 0.6 is 0 Å². The van der Waals surface area contributed by atoms with Crippen molar-refractivity contribution < 1.29 is 4.39 Å².